The van der Waals surface area contributed by atoms with Crippen molar-refractivity contribution in [1.82, 2.24) is 9.78 Å². The molecule has 0 spiro atoms. The van der Waals surface area contributed by atoms with E-state index in [-0.39, 0.29) is 17.1 Å². The van der Waals surface area contributed by atoms with E-state index in [4.69, 9.17) is 10.5 Å². The number of anilines is 1. The predicted molar refractivity (Wildman–Crippen MR) is 72.8 cm³/mol. The molecule has 0 aliphatic carbocycles. The van der Waals surface area contributed by atoms with E-state index in [1.165, 1.54) is 7.11 Å². The van der Waals surface area contributed by atoms with Gasteiger partial charge < -0.3 is 20.3 Å². The van der Waals surface area contributed by atoms with Crippen molar-refractivity contribution >= 4 is 17.6 Å². The zero-order chi connectivity index (χ0) is 15.6. The Morgan fingerprint density at radius 3 is 2.33 bits per heavy atom. The number of aromatic carboxylic acids is 1. The molecule has 1 heterocycles. The zero-order valence-corrected chi connectivity index (χ0v) is 11.4. The highest BCUT2D eigenvalue weighted by Gasteiger charge is 2.26. The molecular weight excluding hydrogens is 278 g/mol. The number of carbonyl (C=O) groups excluding carboxylic acids is 1. The first-order valence-electron chi connectivity index (χ1n) is 5.84. The minimum absolute atomic E-state index is 0.245. The lowest BCUT2D eigenvalue weighted by Crippen LogP contribution is -2.09. The first-order chi connectivity index (χ1) is 9.99. The van der Waals surface area contributed by atoms with Crippen LogP contribution in [0.2, 0.25) is 0 Å². The number of aromatic nitrogens is 2. The molecule has 2 rings (SSSR count). The van der Waals surface area contributed by atoms with Gasteiger partial charge in [0.25, 0.3) is 0 Å². The van der Waals surface area contributed by atoms with Gasteiger partial charge in [-0.3, -0.25) is 0 Å². The van der Waals surface area contributed by atoms with Gasteiger partial charge in [0.1, 0.15) is 11.4 Å². The molecular formula is C13H13N3O5. The van der Waals surface area contributed by atoms with E-state index in [0.717, 1.165) is 11.8 Å². The Morgan fingerprint density at radius 2 is 1.86 bits per heavy atom. The van der Waals surface area contributed by atoms with Crippen molar-refractivity contribution in [2.75, 3.05) is 20.0 Å². The Labute approximate surface area is 119 Å². The Bertz CT molecular complexity index is 691. The van der Waals surface area contributed by atoms with Crippen LogP contribution < -0.4 is 10.5 Å². The van der Waals surface area contributed by atoms with E-state index >= 15 is 0 Å². The van der Waals surface area contributed by atoms with Gasteiger partial charge in [0.05, 0.1) is 19.9 Å². The number of carboxylic acids is 1. The van der Waals surface area contributed by atoms with Gasteiger partial charge in [-0.2, -0.15) is 5.10 Å². The maximum absolute atomic E-state index is 11.6. The summed E-state index contributed by atoms with van der Waals surface area (Å²) in [6.07, 6.45) is 0. The maximum atomic E-state index is 11.6. The lowest BCUT2D eigenvalue weighted by atomic mass is 10.2. The van der Waals surface area contributed by atoms with E-state index in [1.807, 2.05) is 0 Å². The average Bonchev–Trinajstić information content (AvgIpc) is 2.84. The fraction of sp³-hybridized carbons (Fsp3) is 0.154. The Hall–Kier alpha value is -3.03. The number of carboxylic acid groups (broad SMARTS) is 1. The highest BCUT2D eigenvalue weighted by Crippen LogP contribution is 2.23. The van der Waals surface area contributed by atoms with Crippen LogP contribution in [0, 0.1) is 0 Å². The van der Waals surface area contributed by atoms with Crippen LogP contribution in [-0.2, 0) is 4.74 Å². The molecule has 3 N–H and O–H groups in total. The first-order valence-corrected chi connectivity index (χ1v) is 5.84. The summed E-state index contributed by atoms with van der Waals surface area (Å²) < 4.78 is 10.6. The summed E-state index contributed by atoms with van der Waals surface area (Å²) in [5.74, 6) is -1.50. The van der Waals surface area contributed by atoms with Crippen LogP contribution in [-0.4, -0.2) is 41.0 Å². The molecule has 110 valence electrons. The first kappa shape index (κ1) is 14.4. The fourth-order valence-electron chi connectivity index (χ4n) is 1.79. The number of nitrogens with two attached hydrogens (primary N) is 1. The van der Waals surface area contributed by atoms with Gasteiger partial charge in [0.15, 0.2) is 11.4 Å². The van der Waals surface area contributed by atoms with Crippen LogP contribution >= 0.6 is 0 Å². The topological polar surface area (TPSA) is 117 Å². The van der Waals surface area contributed by atoms with Gasteiger partial charge >= 0.3 is 11.9 Å². The second kappa shape index (κ2) is 5.53. The smallest absolute Gasteiger partial charge is 0.360 e. The fourth-order valence-corrected chi connectivity index (χ4v) is 1.79. The van der Waals surface area contributed by atoms with Gasteiger partial charge in [-0.15, -0.1) is 0 Å². The number of benzene rings is 1. The quantitative estimate of drug-likeness (QED) is 0.805. The van der Waals surface area contributed by atoms with Crippen molar-refractivity contribution in [3.05, 3.63) is 35.7 Å². The van der Waals surface area contributed by atoms with Crippen molar-refractivity contribution in [1.29, 1.82) is 0 Å². The molecule has 8 nitrogen and oxygen atoms in total. The monoisotopic (exact) mass is 291 g/mol. The number of carbonyl (C=O) groups is 2. The summed E-state index contributed by atoms with van der Waals surface area (Å²) in [5.41, 5.74) is 5.32. The maximum Gasteiger partial charge on any atom is 0.360 e. The van der Waals surface area contributed by atoms with Crippen molar-refractivity contribution in [2.24, 2.45) is 0 Å². The van der Waals surface area contributed by atoms with Gasteiger partial charge in [-0.1, -0.05) is 0 Å². The van der Waals surface area contributed by atoms with Crippen molar-refractivity contribution in [3.63, 3.8) is 0 Å². The highest BCUT2D eigenvalue weighted by atomic mass is 16.5. The molecule has 0 radical (unpaired) electrons. The van der Waals surface area contributed by atoms with Crippen LogP contribution in [0.25, 0.3) is 5.69 Å². The standard InChI is InChI=1S/C13H13N3O5/c1-20-8-5-3-7(4-6-8)16-11(12(17)18)9(14)10(15-16)13(19)21-2/h3-6H,14H2,1-2H3,(H,17,18). The molecule has 0 bridgehead atoms. The molecule has 0 saturated carbocycles. The number of esters is 1. The third kappa shape index (κ3) is 2.50. The molecule has 1 aromatic carbocycles. The summed E-state index contributed by atoms with van der Waals surface area (Å²) >= 11 is 0. The largest absolute Gasteiger partial charge is 0.497 e. The van der Waals surface area contributed by atoms with Crippen LogP contribution in [0.4, 0.5) is 5.69 Å². The van der Waals surface area contributed by atoms with Gasteiger partial charge in [-0.05, 0) is 24.3 Å². The van der Waals surface area contributed by atoms with E-state index in [9.17, 15) is 14.7 Å². The Balaban J connectivity index is 2.61. The summed E-state index contributed by atoms with van der Waals surface area (Å²) in [7, 11) is 2.67. The average molecular weight is 291 g/mol. The molecule has 0 fully saturated rings. The lowest BCUT2D eigenvalue weighted by Gasteiger charge is -2.05. The number of nitrogen functional groups attached to an aromatic ring is 1. The molecule has 0 saturated heterocycles. The third-order valence-corrected chi connectivity index (χ3v) is 2.82. The number of nitrogens with zero attached hydrogens (tertiary/aromatic N) is 2. The molecule has 1 aromatic heterocycles. The van der Waals surface area contributed by atoms with Crippen molar-refractivity contribution < 1.29 is 24.2 Å². The van der Waals surface area contributed by atoms with Crippen LogP contribution in [0.15, 0.2) is 24.3 Å². The number of hydrogen-bond acceptors (Lipinski definition) is 6. The molecule has 0 aliphatic rings. The van der Waals surface area contributed by atoms with Crippen molar-refractivity contribution in [2.45, 2.75) is 0 Å². The summed E-state index contributed by atoms with van der Waals surface area (Å²) in [4.78, 5) is 22.9. The van der Waals surface area contributed by atoms with E-state index < -0.39 is 11.9 Å². The number of hydrogen-bond donors (Lipinski definition) is 2. The molecule has 0 atom stereocenters. The Kier molecular flexibility index (Phi) is 3.79. The molecule has 0 amide bonds. The van der Waals surface area contributed by atoms with Crippen LogP contribution in [0.5, 0.6) is 5.75 Å². The molecule has 0 aliphatic heterocycles. The van der Waals surface area contributed by atoms with E-state index in [1.54, 1.807) is 24.3 Å². The molecule has 0 unspecified atom stereocenters. The minimum Gasteiger partial charge on any atom is -0.497 e. The second-order valence-electron chi connectivity index (χ2n) is 4.02. The van der Waals surface area contributed by atoms with E-state index in [0.29, 0.717) is 11.4 Å². The second-order valence-corrected chi connectivity index (χ2v) is 4.02. The molecule has 2 aromatic rings. The van der Waals surface area contributed by atoms with Gasteiger partial charge in [-0.25, -0.2) is 14.3 Å². The van der Waals surface area contributed by atoms with Crippen LogP contribution in [0.3, 0.4) is 0 Å². The third-order valence-electron chi connectivity index (χ3n) is 2.82. The highest BCUT2D eigenvalue weighted by molar-refractivity contribution is 6.01. The predicted octanol–water partition coefficient (Wildman–Crippen LogP) is 0.948. The number of ether oxygens (including phenoxy) is 2. The Morgan fingerprint density at radius 1 is 1.24 bits per heavy atom. The summed E-state index contributed by atoms with van der Waals surface area (Å²) in [6.45, 7) is 0. The normalized spacial score (nSPS) is 10.2. The van der Waals surface area contributed by atoms with Crippen LogP contribution in [0.1, 0.15) is 21.0 Å². The number of methoxy groups -OCH3 is 2. The molecule has 8 heteroatoms. The SMILES string of the molecule is COC(=O)c1nn(-c2ccc(OC)cc2)c(C(=O)O)c1N. The van der Waals surface area contributed by atoms with Gasteiger partial charge in [0.2, 0.25) is 0 Å². The molecule has 21 heavy (non-hydrogen) atoms. The number of rotatable bonds is 4. The minimum atomic E-state index is -1.30. The lowest BCUT2D eigenvalue weighted by molar-refractivity contribution is 0.0594. The summed E-state index contributed by atoms with van der Waals surface area (Å²) in [6, 6.07) is 6.46. The van der Waals surface area contributed by atoms with Crippen molar-refractivity contribution in [3.8, 4) is 11.4 Å². The summed E-state index contributed by atoms with van der Waals surface area (Å²) in [5, 5.41) is 13.2. The zero-order valence-electron chi connectivity index (χ0n) is 11.4. The van der Waals surface area contributed by atoms with E-state index in [2.05, 4.69) is 9.84 Å². The van der Waals surface area contributed by atoms with Gasteiger partial charge in [0, 0.05) is 0 Å².